The Morgan fingerprint density at radius 2 is 1.58 bits per heavy atom. The predicted molar refractivity (Wildman–Crippen MR) is 146 cm³/mol. The fourth-order valence-electron chi connectivity index (χ4n) is 8.37. The summed E-state index contributed by atoms with van der Waals surface area (Å²) in [6, 6.07) is 0.665. The van der Waals surface area contributed by atoms with E-state index in [4.69, 9.17) is 11.6 Å². The van der Waals surface area contributed by atoms with Gasteiger partial charge < -0.3 is 10.2 Å². The number of piperidine rings is 1. The third kappa shape index (κ3) is 6.42. The Bertz CT molecular complexity index is 746. The van der Waals surface area contributed by atoms with Crippen molar-refractivity contribution in [1.82, 2.24) is 15.1 Å². The van der Waals surface area contributed by atoms with Crippen molar-refractivity contribution in [3.05, 3.63) is 0 Å². The van der Waals surface area contributed by atoms with Gasteiger partial charge in [0.15, 0.2) is 0 Å². The van der Waals surface area contributed by atoms with Crippen LogP contribution in [-0.4, -0.2) is 65.3 Å². The fourth-order valence-corrected chi connectivity index (χ4v) is 8.62. The highest BCUT2D eigenvalue weighted by molar-refractivity contribution is 6.20. The van der Waals surface area contributed by atoms with Crippen molar-refractivity contribution in [2.75, 3.05) is 26.2 Å². The molecular weight excluding hydrogens is 470 g/mol. The molecule has 5 rings (SSSR count). The van der Waals surface area contributed by atoms with Crippen LogP contribution in [0.1, 0.15) is 103 Å². The molecule has 5 fully saturated rings. The first-order valence-electron chi connectivity index (χ1n) is 15.4. The number of carbonyl (C=O) groups is 2. The van der Waals surface area contributed by atoms with Crippen LogP contribution in [0.5, 0.6) is 0 Å². The first-order chi connectivity index (χ1) is 17.5. The second kappa shape index (κ2) is 12.4. The minimum absolute atomic E-state index is 0.0606. The number of fused-ring (bicyclic) bond motifs is 1. The highest BCUT2D eigenvalue weighted by atomic mass is 35.5. The number of halogens is 1. The maximum Gasteiger partial charge on any atom is 0.239 e. The molecule has 0 spiro atoms. The number of amides is 2. The predicted octanol–water partition coefficient (Wildman–Crippen LogP) is 5.60. The molecular formula is C30H50ClN3O2. The summed E-state index contributed by atoms with van der Waals surface area (Å²) in [7, 11) is 0. The SMILES string of the molecule is CC1CCCC(CNC(=O)C2CCN(C(=O)C3CC4CCCCC4N3CC3CCC(Cl)CC3)CC2)C1. The summed E-state index contributed by atoms with van der Waals surface area (Å²) in [4.78, 5) is 31.5. The average molecular weight is 520 g/mol. The van der Waals surface area contributed by atoms with Gasteiger partial charge in [-0.2, -0.15) is 0 Å². The number of rotatable bonds is 6. The second-order valence-corrected chi connectivity index (χ2v) is 13.8. The van der Waals surface area contributed by atoms with Gasteiger partial charge in [0.1, 0.15) is 0 Å². The minimum Gasteiger partial charge on any atom is -0.356 e. The standard InChI is InChI=1S/C30H50ClN3O2/c1-21-5-4-6-23(17-21)19-32-29(35)24-13-15-33(16-14-24)30(36)28-18-25-7-2-3-8-27(25)34(28)20-22-9-11-26(31)12-10-22/h21-28H,2-20H2,1H3,(H,32,35). The molecule has 0 aromatic rings. The molecule has 2 saturated heterocycles. The smallest absolute Gasteiger partial charge is 0.239 e. The van der Waals surface area contributed by atoms with Gasteiger partial charge in [0.25, 0.3) is 0 Å². The Balaban J connectivity index is 1.13. The van der Waals surface area contributed by atoms with Crippen molar-refractivity contribution in [3.8, 4) is 0 Å². The Labute approximate surface area is 224 Å². The topological polar surface area (TPSA) is 52.7 Å². The highest BCUT2D eigenvalue weighted by Crippen LogP contribution is 2.42. The lowest BCUT2D eigenvalue weighted by Gasteiger charge is -2.39. The molecule has 0 aromatic heterocycles. The van der Waals surface area contributed by atoms with E-state index >= 15 is 0 Å². The van der Waals surface area contributed by atoms with Gasteiger partial charge in [-0.1, -0.05) is 32.6 Å². The molecule has 1 N–H and O–H groups in total. The number of carbonyl (C=O) groups excluding carboxylic acids is 2. The molecule has 5 nitrogen and oxygen atoms in total. The maximum atomic E-state index is 13.8. The third-order valence-corrected chi connectivity index (χ3v) is 11.0. The van der Waals surface area contributed by atoms with E-state index in [-0.39, 0.29) is 17.9 Å². The molecule has 6 heteroatoms. The molecule has 5 aliphatic rings. The van der Waals surface area contributed by atoms with Gasteiger partial charge in [-0.3, -0.25) is 14.5 Å². The van der Waals surface area contributed by atoms with Gasteiger partial charge in [-0.05, 0) is 94.3 Å². The van der Waals surface area contributed by atoms with E-state index in [2.05, 4.69) is 22.0 Å². The third-order valence-electron chi connectivity index (χ3n) is 10.5. The summed E-state index contributed by atoms with van der Waals surface area (Å²) >= 11 is 6.39. The van der Waals surface area contributed by atoms with E-state index in [9.17, 15) is 9.59 Å². The van der Waals surface area contributed by atoms with Crippen molar-refractivity contribution < 1.29 is 9.59 Å². The average Bonchev–Trinajstić information content (AvgIpc) is 3.26. The molecule has 2 heterocycles. The molecule has 2 aliphatic heterocycles. The summed E-state index contributed by atoms with van der Waals surface area (Å²) in [6.07, 6.45) is 17.7. The quantitative estimate of drug-likeness (QED) is 0.465. The van der Waals surface area contributed by atoms with Gasteiger partial charge in [0.2, 0.25) is 11.8 Å². The number of alkyl halides is 1. The number of nitrogens with zero attached hydrogens (tertiary/aromatic N) is 2. The lowest BCUT2D eigenvalue weighted by Crippen LogP contribution is -2.52. The number of nitrogens with one attached hydrogen (secondary N) is 1. The van der Waals surface area contributed by atoms with Crippen molar-refractivity contribution in [2.24, 2.45) is 29.6 Å². The maximum absolute atomic E-state index is 13.8. The molecule has 3 aliphatic carbocycles. The molecule has 0 radical (unpaired) electrons. The number of hydrogen-bond donors (Lipinski definition) is 1. The van der Waals surface area contributed by atoms with Crippen LogP contribution in [0.2, 0.25) is 0 Å². The fraction of sp³-hybridized carbons (Fsp3) is 0.933. The largest absolute Gasteiger partial charge is 0.356 e. The second-order valence-electron chi connectivity index (χ2n) is 13.2. The van der Waals surface area contributed by atoms with E-state index in [0.29, 0.717) is 35.1 Å². The summed E-state index contributed by atoms with van der Waals surface area (Å²) in [6.45, 7) is 5.75. The Hall–Kier alpha value is -0.810. The number of likely N-dealkylation sites (tertiary alicyclic amines) is 2. The van der Waals surface area contributed by atoms with E-state index < -0.39 is 0 Å². The lowest BCUT2D eigenvalue weighted by molar-refractivity contribution is -0.140. The van der Waals surface area contributed by atoms with E-state index in [0.717, 1.165) is 64.2 Å². The van der Waals surface area contributed by atoms with Crippen LogP contribution in [0.25, 0.3) is 0 Å². The van der Waals surface area contributed by atoms with E-state index in [1.165, 1.54) is 64.2 Å². The van der Waals surface area contributed by atoms with Gasteiger partial charge in [0, 0.05) is 43.5 Å². The summed E-state index contributed by atoms with van der Waals surface area (Å²) in [5.74, 6) is 3.48. The van der Waals surface area contributed by atoms with E-state index in [1.54, 1.807) is 0 Å². The van der Waals surface area contributed by atoms with Gasteiger partial charge in [-0.15, -0.1) is 11.6 Å². The summed E-state index contributed by atoms with van der Waals surface area (Å²) < 4.78 is 0. The van der Waals surface area contributed by atoms with Crippen molar-refractivity contribution >= 4 is 23.4 Å². The van der Waals surface area contributed by atoms with Crippen molar-refractivity contribution in [2.45, 2.75) is 121 Å². The normalized spacial score (nSPS) is 38.5. The van der Waals surface area contributed by atoms with Gasteiger partial charge in [-0.25, -0.2) is 0 Å². The zero-order valence-electron chi connectivity index (χ0n) is 22.6. The molecule has 2 amide bonds. The highest BCUT2D eigenvalue weighted by Gasteiger charge is 2.47. The number of hydrogen-bond acceptors (Lipinski definition) is 3. The van der Waals surface area contributed by atoms with Crippen LogP contribution >= 0.6 is 11.6 Å². The van der Waals surface area contributed by atoms with Gasteiger partial charge >= 0.3 is 0 Å². The van der Waals surface area contributed by atoms with Crippen molar-refractivity contribution in [3.63, 3.8) is 0 Å². The zero-order chi connectivity index (χ0) is 25.1. The Morgan fingerprint density at radius 1 is 0.833 bits per heavy atom. The first-order valence-corrected chi connectivity index (χ1v) is 15.9. The van der Waals surface area contributed by atoms with Crippen LogP contribution in [0, 0.1) is 29.6 Å². The molecule has 204 valence electrons. The lowest BCUT2D eigenvalue weighted by atomic mass is 9.82. The summed E-state index contributed by atoms with van der Waals surface area (Å²) in [5.41, 5.74) is 0. The summed E-state index contributed by atoms with van der Waals surface area (Å²) in [5, 5.41) is 3.62. The van der Waals surface area contributed by atoms with Crippen LogP contribution in [0.3, 0.4) is 0 Å². The molecule has 5 unspecified atom stereocenters. The first kappa shape index (κ1) is 26.8. The van der Waals surface area contributed by atoms with Crippen LogP contribution < -0.4 is 5.32 Å². The van der Waals surface area contributed by atoms with E-state index in [1.807, 2.05) is 0 Å². The van der Waals surface area contributed by atoms with Crippen molar-refractivity contribution in [1.29, 1.82) is 0 Å². The minimum atomic E-state index is 0.0606. The van der Waals surface area contributed by atoms with Crippen LogP contribution in [-0.2, 0) is 9.59 Å². The van der Waals surface area contributed by atoms with Crippen LogP contribution in [0.15, 0.2) is 0 Å². The monoisotopic (exact) mass is 519 g/mol. The molecule has 36 heavy (non-hydrogen) atoms. The molecule has 3 saturated carbocycles. The Morgan fingerprint density at radius 3 is 2.33 bits per heavy atom. The molecule has 5 atom stereocenters. The molecule has 0 bridgehead atoms. The Kier molecular flexibility index (Phi) is 9.20. The van der Waals surface area contributed by atoms with Gasteiger partial charge in [0.05, 0.1) is 6.04 Å². The zero-order valence-corrected chi connectivity index (χ0v) is 23.4. The van der Waals surface area contributed by atoms with Crippen LogP contribution in [0.4, 0.5) is 0 Å². The molecule has 0 aromatic carbocycles.